The Bertz CT molecular complexity index is 534. The van der Waals surface area contributed by atoms with Gasteiger partial charge in [0.05, 0.1) is 0 Å². The Labute approximate surface area is 113 Å². The Morgan fingerprint density at radius 1 is 1.21 bits per heavy atom. The van der Waals surface area contributed by atoms with Crippen LogP contribution in [0.5, 0.6) is 0 Å². The Hall–Kier alpha value is -2.36. The molecule has 0 aliphatic carbocycles. The average molecular weight is 254 g/mol. The van der Waals surface area contributed by atoms with Crippen molar-refractivity contribution in [3.63, 3.8) is 0 Å². The molecule has 2 N–H and O–H groups in total. The van der Waals surface area contributed by atoms with E-state index in [0.717, 1.165) is 17.9 Å². The second-order valence-corrected chi connectivity index (χ2v) is 4.11. The van der Waals surface area contributed by atoms with Gasteiger partial charge >= 0.3 is 0 Å². The minimum atomic E-state index is 0.582. The third kappa shape index (κ3) is 3.81. The minimum absolute atomic E-state index is 0.582. The van der Waals surface area contributed by atoms with E-state index < -0.39 is 0 Å². The SMILES string of the molecule is C=CCNc1ccnc(Nc2ccc(CC)cc2)n1. The van der Waals surface area contributed by atoms with Crippen molar-refractivity contribution < 1.29 is 0 Å². The van der Waals surface area contributed by atoms with Crippen molar-refractivity contribution in [2.75, 3.05) is 17.2 Å². The van der Waals surface area contributed by atoms with E-state index in [0.29, 0.717) is 12.5 Å². The van der Waals surface area contributed by atoms with Gasteiger partial charge in [0.2, 0.25) is 5.95 Å². The minimum Gasteiger partial charge on any atom is -0.366 e. The number of aromatic nitrogens is 2. The quantitative estimate of drug-likeness (QED) is 0.776. The molecule has 0 saturated carbocycles. The molecule has 19 heavy (non-hydrogen) atoms. The second kappa shape index (κ2) is 6.54. The molecule has 0 fully saturated rings. The highest BCUT2D eigenvalue weighted by atomic mass is 15.1. The van der Waals surface area contributed by atoms with Crippen LogP contribution in [0.3, 0.4) is 0 Å². The molecule has 2 aromatic rings. The van der Waals surface area contributed by atoms with E-state index in [-0.39, 0.29) is 0 Å². The van der Waals surface area contributed by atoms with Gasteiger partial charge in [-0.25, -0.2) is 4.98 Å². The van der Waals surface area contributed by atoms with Crippen molar-refractivity contribution in [1.82, 2.24) is 9.97 Å². The van der Waals surface area contributed by atoms with Crippen molar-refractivity contribution in [3.05, 3.63) is 54.7 Å². The number of aryl methyl sites for hydroxylation is 1. The summed E-state index contributed by atoms with van der Waals surface area (Å²) in [6.45, 7) is 6.48. The normalized spacial score (nSPS) is 9.95. The molecule has 4 nitrogen and oxygen atoms in total. The highest BCUT2D eigenvalue weighted by Crippen LogP contribution is 2.15. The lowest BCUT2D eigenvalue weighted by Gasteiger charge is -2.07. The van der Waals surface area contributed by atoms with Gasteiger partial charge in [-0.3, -0.25) is 0 Å². The Kier molecular flexibility index (Phi) is 4.50. The fourth-order valence-electron chi connectivity index (χ4n) is 1.65. The molecule has 0 spiro atoms. The molecule has 0 radical (unpaired) electrons. The number of anilines is 3. The summed E-state index contributed by atoms with van der Waals surface area (Å²) in [5, 5.41) is 6.31. The van der Waals surface area contributed by atoms with Crippen LogP contribution >= 0.6 is 0 Å². The maximum Gasteiger partial charge on any atom is 0.229 e. The molecule has 1 aromatic carbocycles. The van der Waals surface area contributed by atoms with Crippen LogP contribution < -0.4 is 10.6 Å². The predicted octanol–water partition coefficient (Wildman–Crippen LogP) is 3.38. The topological polar surface area (TPSA) is 49.8 Å². The first kappa shape index (κ1) is 13.1. The zero-order chi connectivity index (χ0) is 13.5. The number of rotatable bonds is 6. The van der Waals surface area contributed by atoms with E-state index in [4.69, 9.17) is 0 Å². The van der Waals surface area contributed by atoms with Crippen LogP contribution in [-0.4, -0.2) is 16.5 Å². The lowest BCUT2D eigenvalue weighted by molar-refractivity contribution is 1.13. The standard InChI is InChI=1S/C15H18N4/c1-3-10-16-14-9-11-17-15(19-14)18-13-7-5-12(4-2)6-8-13/h3,5-9,11H,1,4,10H2,2H3,(H2,16,17,18,19). The summed E-state index contributed by atoms with van der Waals surface area (Å²) in [5.41, 5.74) is 2.30. The molecular weight excluding hydrogens is 236 g/mol. The van der Waals surface area contributed by atoms with Gasteiger partial charge in [0.15, 0.2) is 0 Å². The second-order valence-electron chi connectivity index (χ2n) is 4.11. The van der Waals surface area contributed by atoms with Gasteiger partial charge in [0.25, 0.3) is 0 Å². The number of benzene rings is 1. The van der Waals surface area contributed by atoms with Crippen molar-refractivity contribution in [3.8, 4) is 0 Å². The Morgan fingerprint density at radius 3 is 2.68 bits per heavy atom. The molecule has 4 heteroatoms. The molecule has 1 aromatic heterocycles. The summed E-state index contributed by atoms with van der Waals surface area (Å²) < 4.78 is 0. The van der Waals surface area contributed by atoms with Gasteiger partial charge in [-0.15, -0.1) is 6.58 Å². The monoisotopic (exact) mass is 254 g/mol. The molecule has 0 atom stereocenters. The molecule has 1 heterocycles. The van der Waals surface area contributed by atoms with Crippen LogP contribution in [0, 0.1) is 0 Å². The highest BCUT2D eigenvalue weighted by Gasteiger charge is 1.99. The summed E-state index contributed by atoms with van der Waals surface area (Å²) in [7, 11) is 0. The molecule has 2 rings (SSSR count). The van der Waals surface area contributed by atoms with Crippen molar-refractivity contribution >= 4 is 17.5 Å². The lowest BCUT2D eigenvalue weighted by atomic mass is 10.1. The van der Waals surface area contributed by atoms with Crippen LogP contribution in [0.4, 0.5) is 17.5 Å². The first-order valence-corrected chi connectivity index (χ1v) is 6.35. The third-order valence-electron chi connectivity index (χ3n) is 2.70. The van der Waals surface area contributed by atoms with Crippen LogP contribution in [0.1, 0.15) is 12.5 Å². The van der Waals surface area contributed by atoms with E-state index in [9.17, 15) is 0 Å². The highest BCUT2D eigenvalue weighted by molar-refractivity contribution is 5.55. The molecule has 0 aliphatic rings. The van der Waals surface area contributed by atoms with Crippen molar-refractivity contribution in [2.45, 2.75) is 13.3 Å². The van der Waals surface area contributed by atoms with Crippen molar-refractivity contribution in [1.29, 1.82) is 0 Å². The first-order valence-electron chi connectivity index (χ1n) is 6.35. The number of hydrogen-bond donors (Lipinski definition) is 2. The lowest BCUT2D eigenvalue weighted by Crippen LogP contribution is -2.03. The molecule has 0 unspecified atom stereocenters. The Morgan fingerprint density at radius 2 is 2.00 bits per heavy atom. The number of nitrogens with zero attached hydrogens (tertiary/aromatic N) is 2. The van der Waals surface area contributed by atoms with E-state index in [2.05, 4.69) is 46.2 Å². The molecule has 0 aliphatic heterocycles. The van der Waals surface area contributed by atoms with Crippen LogP contribution in [0.15, 0.2) is 49.2 Å². The van der Waals surface area contributed by atoms with Gasteiger partial charge < -0.3 is 10.6 Å². The average Bonchev–Trinajstić information content (AvgIpc) is 2.46. The van der Waals surface area contributed by atoms with Gasteiger partial charge in [0.1, 0.15) is 5.82 Å². The van der Waals surface area contributed by atoms with Crippen LogP contribution in [0.2, 0.25) is 0 Å². The zero-order valence-corrected chi connectivity index (χ0v) is 11.1. The van der Waals surface area contributed by atoms with Gasteiger partial charge in [0, 0.05) is 18.4 Å². The fourth-order valence-corrected chi connectivity index (χ4v) is 1.65. The van der Waals surface area contributed by atoms with Gasteiger partial charge in [-0.2, -0.15) is 4.98 Å². The van der Waals surface area contributed by atoms with Gasteiger partial charge in [-0.05, 0) is 30.2 Å². The maximum absolute atomic E-state index is 4.37. The summed E-state index contributed by atoms with van der Waals surface area (Å²) in [5.74, 6) is 1.36. The predicted molar refractivity (Wildman–Crippen MR) is 79.8 cm³/mol. The maximum atomic E-state index is 4.37. The molecule has 98 valence electrons. The first-order chi connectivity index (χ1) is 9.31. The largest absolute Gasteiger partial charge is 0.366 e. The van der Waals surface area contributed by atoms with Crippen LogP contribution in [-0.2, 0) is 6.42 Å². The van der Waals surface area contributed by atoms with E-state index in [1.54, 1.807) is 12.3 Å². The zero-order valence-electron chi connectivity index (χ0n) is 11.1. The van der Waals surface area contributed by atoms with E-state index >= 15 is 0 Å². The molecular formula is C15H18N4. The number of hydrogen-bond acceptors (Lipinski definition) is 4. The summed E-state index contributed by atoms with van der Waals surface area (Å²) in [6.07, 6.45) is 4.55. The smallest absolute Gasteiger partial charge is 0.229 e. The summed E-state index contributed by atoms with van der Waals surface area (Å²) in [4.78, 5) is 8.56. The Balaban J connectivity index is 2.06. The van der Waals surface area contributed by atoms with Gasteiger partial charge in [-0.1, -0.05) is 25.1 Å². The third-order valence-corrected chi connectivity index (χ3v) is 2.70. The van der Waals surface area contributed by atoms with E-state index in [1.165, 1.54) is 5.56 Å². The molecule has 0 bridgehead atoms. The molecule has 0 amide bonds. The molecule has 0 saturated heterocycles. The summed E-state index contributed by atoms with van der Waals surface area (Å²) in [6, 6.07) is 10.1. The number of nitrogens with one attached hydrogen (secondary N) is 2. The van der Waals surface area contributed by atoms with E-state index in [1.807, 2.05) is 18.2 Å². The summed E-state index contributed by atoms with van der Waals surface area (Å²) >= 11 is 0. The van der Waals surface area contributed by atoms with Crippen LogP contribution in [0.25, 0.3) is 0 Å². The fraction of sp³-hybridized carbons (Fsp3) is 0.200. The van der Waals surface area contributed by atoms with Crippen molar-refractivity contribution in [2.24, 2.45) is 0 Å².